The van der Waals surface area contributed by atoms with Crippen LogP contribution in [0.1, 0.15) is 0 Å². The molecule has 4 heteroatoms. The predicted octanol–water partition coefficient (Wildman–Crippen LogP) is 8.24. The monoisotopic (exact) mass is 486 g/mol. The van der Waals surface area contributed by atoms with Crippen LogP contribution >= 0.6 is 0 Å². The molecule has 0 fully saturated rings. The lowest BCUT2D eigenvalue weighted by Crippen LogP contribution is -1.96. The quantitative estimate of drug-likeness (QED) is 0.251. The van der Waals surface area contributed by atoms with E-state index in [0.29, 0.717) is 0 Å². The van der Waals surface area contributed by atoms with Gasteiger partial charge in [0.1, 0.15) is 0 Å². The molecule has 0 aliphatic carbocycles. The molecule has 7 aromatic rings. The van der Waals surface area contributed by atoms with Crippen molar-refractivity contribution in [2.75, 3.05) is 0 Å². The zero-order chi connectivity index (χ0) is 25.3. The Hall–Kier alpha value is -5.22. The minimum atomic E-state index is 0.720. The lowest BCUT2D eigenvalue weighted by Gasteiger charge is -2.12. The van der Waals surface area contributed by atoms with E-state index in [1.165, 1.54) is 0 Å². The summed E-state index contributed by atoms with van der Waals surface area (Å²) >= 11 is 0. The van der Waals surface area contributed by atoms with Crippen LogP contribution in [-0.2, 0) is 0 Å². The van der Waals surface area contributed by atoms with Crippen molar-refractivity contribution in [3.63, 3.8) is 0 Å². The van der Waals surface area contributed by atoms with Gasteiger partial charge in [-0.15, -0.1) is 0 Å². The van der Waals surface area contributed by atoms with Crippen LogP contribution in [0.5, 0.6) is 0 Å². The van der Waals surface area contributed by atoms with Gasteiger partial charge in [0, 0.05) is 33.0 Å². The summed E-state index contributed by atoms with van der Waals surface area (Å²) in [7, 11) is 0. The Bertz CT molecular complexity index is 1760. The van der Waals surface area contributed by atoms with Crippen molar-refractivity contribution >= 4 is 21.8 Å². The largest absolute Gasteiger partial charge is 0.228 e. The minimum absolute atomic E-state index is 0.720. The summed E-state index contributed by atoms with van der Waals surface area (Å²) < 4.78 is 0. The van der Waals surface area contributed by atoms with E-state index in [4.69, 9.17) is 19.9 Å². The molecule has 178 valence electrons. The van der Waals surface area contributed by atoms with Crippen LogP contribution in [0, 0.1) is 0 Å². The van der Waals surface area contributed by atoms with Crippen molar-refractivity contribution in [2.24, 2.45) is 0 Å². The lowest BCUT2D eigenvalue weighted by molar-refractivity contribution is 1.22. The molecule has 0 unspecified atom stereocenters. The fraction of sp³-hybridized carbons (Fsp3) is 0. The molecule has 0 saturated carbocycles. The Morgan fingerprint density at radius 1 is 0.289 bits per heavy atom. The van der Waals surface area contributed by atoms with Gasteiger partial charge in [-0.1, -0.05) is 121 Å². The first-order valence-corrected chi connectivity index (χ1v) is 12.6. The van der Waals surface area contributed by atoms with Crippen molar-refractivity contribution in [3.8, 4) is 45.3 Å². The van der Waals surface area contributed by atoms with E-state index in [9.17, 15) is 0 Å². The number of aromatic nitrogens is 4. The van der Waals surface area contributed by atoms with Gasteiger partial charge in [0.25, 0.3) is 0 Å². The predicted molar refractivity (Wildman–Crippen MR) is 154 cm³/mol. The van der Waals surface area contributed by atoms with Gasteiger partial charge in [-0.05, 0) is 12.1 Å². The highest BCUT2D eigenvalue weighted by Crippen LogP contribution is 2.33. The topological polar surface area (TPSA) is 51.6 Å². The van der Waals surface area contributed by atoms with E-state index in [2.05, 4.69) is 36.4 Å². The molecule has 0 aliphatic heterocycles. The van der Waals surface area contributed by atoms with Crippen LogP contribution in [-0.4, -0.2) is 19.9 Å². The molecule has 0 radical (unpaired) electrons. The third-order valence-corrected chi connectivity index (χ3v) is 6.70. The third kappa shape index (κ3) is 3.98. The van der Waals surface area contributed by atoms with Gasteiger partial charge in [0.2, 0.25) is 0 Å². The second-order valence-electron chi connectivity index (χ2n) is 9.14. The van der Waals surface area contributed by atoms with E-state index >= 15 is 0 Å². The summed E-state index contributed by atoms with van der Waals surface area (Å²) in [5.41, 5.74) is 7.74. The smallest absolute Gasteiger partial charge is 0.160 e. The molecular formula is C34H22N4. The summed E-state index contributed by atoms with van der Waals surface area (Å²) in [5.74, 6) is 1.44. The summed E-state index contributed by atoms with van der Waals surface area (Å²) in [6, 6.07) is 45.1. The third-order valence-electron chi connectivity index (χ3n) is 6.70. The molecule has 7 rings (SSSR count). The second kappa shape index (κ2) is 9.34. The van der Waals surface area contributed by atoms with Gasteiger partial charge >= 0.3 is 0 Å². The Balaban J connectivity index is 1.37. The van der Waals surface area contributed by atoms with Gasteiger partial charge in [0.15, 0.2) is 11.6 Å². The fourth-order valence-electron chi connectivity index (χ4n) is 4.81. The number of para-hydroxylation sites is 2. The number of nitrogens with zero attached hydrogens (tertiary/aromatic N) is 4. The number of benzene rings is 5. The number of hydrogen-bond acceptors (Lipinski definition) is 4. The zero-order valence-electron chi connectivity index (χ0n) is 20.5. The normalized spacial score (nSPS) is 11.2. The molecule has 2 aromatic heterocycles. The zero-order valence-corrected chi connectivity index (χ0v) is 20.5. The van der Waals surface area contributed by atoms with Crippen LogP contribution in [0.2, 0.25) is 0 Å². The van der Waals surface area contributed by atoms with Crippen LogP contribution in [0.25, 0.3) is 67.1 Å². The lowest BCUT2D eigenvalue weighted by atomic mass is 10.0. The molecule has 0 bridgehead atoms. The van der Waals surface area contributed by atoms with Crippen molar-refractivity contribution in [3.05, 3.63) is 133 Å². The Labute approximate surface area is 220 Å². The maximum atomic E-state index is 5.01. The standard InChI is InChI=1S/C34H22N4/c1-3-11-25(12-4-1)33-35-29-17-9-7-15-27(29)31(37-33)23-19-21-24(22-20-23)32-28-16-8-10-18-30(28)36-34(38-32)26-13-5-2-6-14-26/h1-22H. The number of fused-ring (bicyclic) bond motifs is 2. The molecule has 0 atom stereocenters. The van der Waals surface area contributed by atoms with Crippen LogP contribution in [0.3, 0.4) is 0 Å². The molecule has 0 N–H and O–H groups in total. The molecule has 0 aliphatic rings. The maximum absolute atomic E-state index is 5.01. The number of rotatable bonds is 4. The first kappa shape index (κ1) is 22.0. The average Bonchev–Trinajstić information content (AvgIpc) is 3.01. The molecule has 38 heavy (non-hydrogen) atoms. The number of hydrogen-bond donors (Lipinski definition) is 0. The Morgan fingerprint density at radius 2 is 0.658 bits per heavy atom. The van der Waals surface area contributed by atoms with Crippen molar-refractivity contribution in [2.45, 2.75) is 0 Å². The molecule has 4 nitrogen and oxygen atoms in total. The highest BCUT2D eigenvalue weighted by molar-refractivity contribution is 5.96. The van der Waals surface area contributed by atoms with Gasteiger partial charge in [-0.2, -0.15) is 0 Å². The first-order chi connectivity index (χ1) is 18.8. The highest BCUT2D eigenvalue weighted by Gasteiger charge is 2.14. The van der Waals surface area contributed by atoms with Gasteiger partial charge in [0.05, 0.1) is 22.4 Å². The van der Waals surface area contributed by atoms with Crippen molar-refractivity contribution in [1.29, 1.82) is 0 Å². The molecule has 0 amide bonds. The second-order valence-corrected chi connectivity index (χ2v) is 9.14. The Kier molecular flexibility index (Phi) is 5.41. The van der Waals surface area contributed by atoms with Crippen LogP contribution < -0.4 is 0 Å². The molecule has 5 aromatic carbocycles. The summed E-state index contributed by atoms with van der Waals surface area (Å²) in [5, 5.41) is 2.05. The minimum Gasteiger partial charge on any atom is -0.228 e. The van der Waals surface area contributed by atoms with E-state index in [0.717, 1.165) is 67.1 Å². The molecule has 0 spiro atoms. The summed E-state index contributed by atoms with van der Waals surface area (Å²) in [4.78, 5) is 19.7. The van der Waals surface area contributed by atoms with Gasteiger partial charge < -0.3 is 0 Å². The van der Waals surface area contributed by atoms with Crippen LogP contribution in [0.15, 0.2) is 133 Å². The molecule has 0 saturated heterocycles. The van der Waals surface area contributed by atoms with E-state index < -0.39 is 0 Å². The summed E-state index contributed by atoms with van der Waals surface area (Å²) in [6.45, 7) is 0. The molecular weight excluding hydrogens is 464 g/mol. The maximum Gasteiger partial charge on any atom is 0.160 e. The van der Waals surface area contributed by atoms with Gasteiger partial charge in [-0.3, -0.25) is 0 Å². The fourth-order valence-corrected chi connectivity index (χ4v) is 4.81. The van der Waals surface area contributed by atoms with Crippen molar-refractivity contribution in [1.82, 2.24) is 19.9 Å². The van der Waals surface area contributed by atoms with E-state index in [1.807, 2.05) is 97.1 Å². The van der Waals surface area contributed by atoms with E-state index in [-0.39, 0.29) is 0 Å². The SMILES string of the molecule is c1ccc(-c2nc(-c3ccc(-c4nc(-c5ccccc5)nc5ccccc45)cc3)c3ccccc3n2)cc1. The Morgan fingerprint density at radius 3 is 1.08 bits per heavy atom. The highest BCUT2D eigenvalue weighted by atomic mass is 14.9. The first-order valence-electron chi connectivity index (χ1n) is 12.6. The van der Waals surface area contributed by atoms with Gasteiger partial charge in [-0.25, -0.2) is 19.9 Å². The molecule has 2 heterocycles. The summed E-state index contributed by atoms with van der Waals surface area (Å²) in [6.07, 6.45) is 0. The van der Waals surface area contributed by atoms with E-state index in [1.54, 1.807) is 0 Å². The van der Waals surface area contributed by atoms with Crippen molar-refractivity contribution < 1.29 is 0 Å². The average molecular weight is 487 g/mol. The van der Waals surface area contributed by atoms with Crippen LogP contribution in [0.4, 0.5) is 0 Å².